The van der Waals surface area contributed by atoms with Gasteiger partial charge in [0.2, 0.25) is 0 Å². The smallest absolute Gasteiger partial charge is 0.254 e. The minimum absolute atomic E-state index is 0.00613. The van der Waals surface area contributed by atoms with E-state index in [2.05, 4.69) is 232 Å². The third-order valence-electron chi connectivity index (χ3n) is 23.2. The zero-order valence-electron chi connectivity index (χ0n) is 50.5. The van der Waals surface area contributed by atoms with Crippen LogP contribution in [-0.2, 0) is 32.5 Å². The molecule has 6 bridgehead atoms. The minimum Gasteiger partial charge on any atom is -0.334 e. The lowest BCUT2D eigenvalue weighted by molar-refractivity contribution is 0.195. The molecular formula is C76H76BN3S2. The molecule has 0 amide bonds. The van der Waals surface area contributed by atoms with Gasteiger partial charge in [-0.05, 0) is 195 Å². The largest absolute Gasteiger partial charge is 0.334 e. The van der Waals surface area contributed by atoms with E-state index in [-0.39, 0.29) is 44.7 Å². The quantitative estimate of drug-likeness (QED) is 0.152. The lowest BCUT2D eigenvalue weighted by Gasteiger charge is -2.51. The minimum atomic E-state index is -0.229. The summed E-state index contributed by atoms with van der Waals surface area (Å²) in [5.74, 6) is 0. The second-order valence-corrected chi connectivity index (χ2v) is 32.3. The molecule has 6 heteroatoms. The number of fused-ring (bicyclic) bond motifs is 22. The zero-order chi connectivity index (χ0) is 56.3. The van der Waals surface area contributed by atoms with Crippen LogP contribution in [0.25, 0.3) is 40.3 Å². The number of benzene rings is 8. The third-order valence-corrected chi connectivity index (χ3v) is 25.6. The van der Waals surface area contributed by atoms with Crippen LogP contribution in [0.3, 0.4) is 0 Å². The van der Waals surface area contributed by atoms with Crippen molar-refractivity contribution < 1.29 is 0 Å². The number of hydrogen-bond acceptors (Lipinski definition) is 5. The Hall–Kier alpha value is -6.34. The van der Waals surface area contributed by atoms with Gasteiger partial charge in [-0.3, -0.25) is 0 Å². The Bertz CT molecular complexity index is 4540. The van der Waals surface area contributed by atoms with E-state index in [9.17, 15) is 0 Å². The summed E-state index contributed by atoms with van der Waals surface area (Å²) in [4.78, 5) is 8.60. The van der Waals surface area contributed by atoms with Crippen LogP contribution in [0.1, 0.15) is 179 Å². The molecule has 2 aromatic heterocycles. The summed E-state index contributed by atoms with van der Waals surface area (Å²) in [5.41, 5.74) is 26.4. The van der Waals surface area contributed by atoms with Gasteiger partial charge in [-0.1, -0.05) is 162 Å². The summed E-state index contributed by atoms with van der Waals surface area (Å²) in [5, 5.41) is 5.40. The van der Waals surface area contributed by atoms with E-state index >= 15 is 0 Å². The van der Waals surface area contributed by atoms with Gasteiger partial charge in [-0.2, -0.15) is 0 Å². The summed E-state index contributed by atoms with van der Waals surface area (Å²) in [6.45, 7) is 33.0. The van der Waals surface area contributed by atoms with Crippen LogP contribution in [0.5, 0.6) is 0 Å². The first-order chi connectivity index (χ1) is 39.0. The molecule has 0 N–H and O–H groups in total. The maximum atomic E-state index is 2.96. The van der Waals surface area contributed by atoms with Gasteiger partial charge >= 0.3 is 0 Å². The Kier molecular flexibility index (Phi) is 9.73. The predicted molar refractivity (Wildman–Crippen MR) is 356 cm³/mol. The van der Waals surface area contributed by atoms with Crippen LogP contribution in [0.4, 0.5) is 45.5 Å². The molecule has 1 fully saturated rings. The molecule has 8 aromatic carbocycles. The number of nitrogens with zero attached hydrogens (tertiary/aromatic N) is 3. The molecule has 6 heterocycles. The van der Waals surface area contributed by atoms with Crippen molar-refractivity contribution in [2.45, 2.75) is 179 Å². The van der Waals surface area contributed by atoms with Gasteiger partial charge in [-0.25, -0.2) is 0 Å². The second-order valence-electron chi connectivity index (χ2n) is 30.2. The highest BCUT2D eigenvalue weighted by Gasteiger charge is 2.60. The lowest BCUT2D eigenvalue weighted by atomic mass is 9.33. The SMILES string of the molecule is Cc1cc2c3cc1N1c4cc(cc5c4B(c4cc6c(cc4N5c4cccc5c4sc4ccccc45)C(C)(C)CCC6(C)C)c4c1ccc1c4sc4ccccc41)N1c4cc(c(C(C)(C)C)cc4C4(C)CCCCC14C)C3(C)CCC2(C)C. The number of rotatable bonds is 1. The molecule has 410 valence electrons. The van der Waals surface area contributed by atoms with E-state index in [4.69, 9.17) is 0 Å². The molecule has 3 aliphatic carbocycles. The molecule has 0 radical (unpaired) electrons. The van der Waals surface area contributed by atoms with Gasteiger partial charge in [0.25, 0.3) is 6.71 Å². The summed E-state index contributed by atoms with van der Waals surface area (Å²) in [7, 11) is 0. The number of aryl methyl sites for hydroxylation is 1. The average Bonchev–Trinajstić information content (AvgIpc) is 1.26. The van der Waals surface area contributed by atoms with E-state index in [1.807, 2.05) is 22.7 Å². The van der Waals surface area contributed by atoms with Gasteiger partial charge in [-0.15, -0.1) is 22.7 Å². The van der Waals surface area contributed by atoms with Crippen molar-refractivity contribution in [2.24, 2.45) is 0 Å². The van der Waals surface area contributed by atoms with Crippen molar-refractivity contribution in [1.29, 1.82) is 0 Å². The van der Waals surface area contributed by atoms with Crippen LogP contribution < -0.4 is 31.1 Å². The van der Waals surface area contributed by atoms with Crippen molar-refractivity contribution in [3.63, 3.8) is 0 Å². The first kappa shape index (κ1) is 50.2. The van der Waals surface area contributed by atoms with E-state index in [1.54, 1.807) is 5.56 Å². The highest BCUT2D eigenvalue weighted by molar-refractivity contribution is 7.28. The van der Waals surface area contributed by atoms with E-state index in [0.29, 0.717) is 0 Å². The Labute approximate surface area is 494 Å². The van der Waals surface area contributed by atoms with Crippen LogP contribution >= 0.6 is 22.7 Å². The van der Waals surface area contributed by atoms with Crippen LogP contribution in [-0.4, -0.2) is 12.3 Å². The monoisotopic (exact) mass is 1110 g/mol. The van der Waals surface area contributed by atoms with Gasteiger partial charge < -0.3 is 14.7 Å². The topological polar surface area (TPSA) is 9.72 Å². The number of hydrogen-bond donors (Lipinski definition) is 0. The Morgan fingerprint density at radius 3 is 1.71 bits per heavy atom. The van der Waals surface area contributed by atoms with E-state index < -0.39 is 0 Å². The summed E-state index contributed by atoms with van der Waals surface area (Å²) >= 11 is 3.99. The highest BCUT2D eigenvalue weighted by Crippen LogP contribution is 2.65. The maximum Gasteiger partial charge on any atom is 0.254 e. The summed E-state index contributed by atoms with van der Waals surface area (Å²) < 4.78 is 5.47. The van der Waals surface area contributed by atoms with Crippen molar-refractivity contribution in [2.75, 3.05) is 14.7 Å². The molecule has 3 unspecified atom stereocenters. The lowest BCUT2D eigenvalue weighted by Crippen LogP contribution is -2.62. The van der Waals surface area contributed by atoms with Crippen LogP contribution in [0.15, 0.2) is 127 Å². The van der Waals surface area contributed by atoms with Gasteiger partial charge in [0.1, 0.15) is 0 Å². The summed E-state index contributed by atoms with van der Waals surface area (Å²) in [6, 6.07) is 52.5. The summed E-state index contributed by atoms with van der Waals surface area (Å²) in [6.07, 6.45) is 9.36. The fraction of sp³-hybridized carbons (Fsp3) is 0.368. The molecule has 0 saturated heterocycles. The van der Waals surface area contributed by atoms with E-state index in [1.165, 1.54) is 167 Å². The predicted octanol–water partition coefficient (Wildman–Crippen LogP) is 19.9. The average molecular weight is 1110 g/mol. The Balaban J connectivity index is 1.10. The van der Waals surface area contributed by atoms with Crippen molar-refractivity contribution >= 4 is 132 Å². The van der Waals surface area contributed by atoms with Gasteiger partial charge in [0.15, 0.2) is 0 Å². The molecule has 82 heavy (non-hydrogen) atoms. The molecule has 4 aliphatic heterocycles. The number of anilines is 8. The number of thiophene rings is 2. The second kappa shape index (κ2) is 15.9. The zero-order valence-corrected chi connectivity index (χ0v) is 52.1. The molecule has 0 spiro atoms. The Morgan fingerprint density at radius 2 is 1.01 bits per heavy atom. The molecular weight excluding hydrogens is 1030 g/mol. The molecule has 7 aliphatic rings. The first-order valence-corrected chi connectivity index (χ1v) is 32.6. The normalized spacial score (nSPS) is 23.9. The van der Waals surface area contributed by atoms with Crippen molar-refractivity contribution in [3.05, 3.63) is 172 Å². The molecule has 3 atom stereocenters. The molecule has 3 nitrogen and oxygen atoms in total. The first-order valence-electron chi connectivity index (χ1n) is 31.0. The fourth-order valence-electron chi connectivity index (χ4n) is 18.2. The van der Waals surface area contributed by atoms with Gasteiger partial charge in [0.05, 0.1) is 15.9 Å². The van der Waals surface area contributed by atoms with Crippen molar-refractivity contribution in [1.82, 2.24) is 0 Å². The van der Waals surface area contributed by atoms with Crippen LogP contribution in [0, 0.1) is 6.92 Å². The van der Waals surface area contributed by atoms with Crippen molar-refractivity contribution in [3.8, 4) is 0 Å². The molecule has 1 saturated carbocycles. The van der Waals surface area contributed by atoms with Gasteiger partial charge in [0, 0.05) is 80.9 Å². The Morgan fingerprint density at radius 1 is 0.439 bits per heavy atom. The van der Waals surface area contributed by atoms with E-state index in [0.717, 1.165) is 25.7 Å². The maximum absolute atomic E-state index is 2.96. The van der Waals surface area contributed by atoms with Crippen LogP contribution in [0.2, 0.25) is 0 Å². The third kappa shape index (κ3) is 6.19. The highest BCUT2D eigenvalue weighted by atomic mass is 32.1. The fourth-order valence-corrected chi connectivity index (χ4v) is 20.7. The molecule has 10 aromatic rings. The molecule has 17 rings (SSSR count). The standard InChI is InChI=1S/C76H76BN3S2/c1-43-35-50-54-41-59(43)78-57-28-27-48-46-22-15-17-26-65(46)82-69(48)67(57)77-56-39-51-52(72(7,8)32-31-71(51,5)6)40-61(56)79(58-24-20-23-47-45-21-14-16-25-64(45)81-68(47)58)63-37-44(36-62(78)66(63)77)80-60-42-53(74(54,11)34-33-73(50,9)10)49(70(2,3)4)38-55(60)75(12)29-18-19-30-76(75,80)13/h14-17,20-28,35-42H,18-19,29-34H2,1-13H3.